The number of carbonyl (C=O) groups is 4. The van der Waals surface area contributed by atoms with Crippen LogP contribution < -0.4 is 40.4 Å². The van der Waals surface area contributed by atoms with Gasteiger partial charge in [-0.15, -0.1) is 0 Å². The Kier molecular flexibility index (Phi) is 18.1. The molecule has 31 nitrogen and oxygen atoms in total. The summed E-state index contributed by atoms with van der Waals surface area (Å²) in [5.74, 6) is -1.33. The smallest absolute Gasteiger partial charge is 0.331 e. The van der Waals surface area contributed by atoms with Gasteiger partial charge in [0.1, 0.15) is 27.8 Å². The van der Waals surface area contributed by atoms with Crippen LogP contribution in [0.2, 0.25) is 0 Å². The van der Waals surface area contributed by atoms with Gasteiger partial charge >= 0.3 is 18.1 Å². The summed E-state index contributed by atoms with van der Waals surface area (Å²) >= 11 is 0. The fourth-order valence-electron chi connectivity index (χ4n) is 12.7. The molecule has 13 rings (SSSR count). The molecule has 7 aromatic rings. The molecular formula is C56H67N17O14S5. The van der Waals surface area contributed by atoms with Crippen LogP contribution in [0.3, 0.4) is 0 Å². The maximum Gasteiger partial charge on any atom is 0.331 e. The van der Waals surface area contributed by atoms with Crippen LogP contribution in [-0.2, 0) is 151 Å². The lowest BCUT2D eigenvalue weighted by Gasteiger charge is -2.17. The Morgan fingerprint density at radius 1 is 0.500 bits per heavy atom. The molecule has 490 valence electrons. The van der Waals surface area contributed by atoms with E-state index in [-0.39, 0.29) is 26.8 Å². The highest BCUT2D eigenvalue weighted by molar-refractivity contribution is 7.91. The Hall–Kier alpha value is -8.71. The van der Waals surface area contributed by atoms with E-state index < -0.39 is 86.3 Å². The van der Waals surface area contributed by atoms with Gasteiger partial charge in [-0.25, -0.2) is 63.9 Å². The van der Waals surface area contributed by atoms with Crippen molar-refractivity contribution in [3.8, 4) is 0 Å². The molecule has 4 aromatic heterocycles. The van der Waals surface area contributed by atoms with Crippen LogP contribution >= 0.6 is 0 Å². The second-order valence-electron chi connectivity index (χ2n) is 23.2. The summed E-state index contributed by atoms with van der Waals surface area (Å²) in [5, 5.41) is 22.2. The van der Waals surface area contributed by atoms with E-state index in [0.717, 1.165) is 206 Å². The molecule has 3 unspecified atom stereocenters. The van der Waals surface area contributed by atoms with Gasteiger partial charge in [0.05, 0.1) is 24.8 Å². The van der Waals surface area contributed by atoms with Crippen molar-refractivity contribution < 1.29 is 57.7 Å². The molecule has 0 saturated carbocycles. The molecule has 0 bridgehead atoms. The fourth-order valence-corrected chi connectivity index (χ4v) is 16.4. The molecule has 12 N–H and O–H groups in total. The van der Waals surface area contributed by atoms with Gasteiger partial charge in [-0.2, -0.15) is 28.9 Å². The van der Waals surface area contributed by atoms with E-state index in [2.05, 4.69) is 68.8 Å². The first kappa shape index (κ1) is 64.8. The summed E-state index contributed by atoms with van der Waals surface area (Å²) in [6.07, 6.45) is 25.3. The van der Waals surface area contributed by atoms with Crippen LogP contribution in [0.4, 0.5) is 31.4 Å². The van der Waals surface area contributed by atoms with Gasteiger partial charge in [-0.3, -0.25) is 32.9 Å². The van der Waals surface area contributed by atoms with E-state index in [9.17, 15) is 53.4 Å². The number of hydrogen-bond acceptors (Lipinski definition) is 19. The number of aromatic amines is 1. The van der Waals surface area contributed by atoms with Gasteiger partial charge < -0.3 is 20.5 Å². The highest BCUT2D eigenvalue weighted by Crippen LogP contribution is 2.41. The number of nitrogens with zero attached hydrogens (tertiary/aromatic N) is 6. The lowest BCUT2D eigenvalue weighted by Crippen LogP contribution is -2.34. The Bertz CT molecular complexity index is 4700. The summed E-state index contributed by atoms with van der Waals surface area (Å²) in [4.78, 5) is 60.6. The molecule has 4 heterocycles. The number of benzene rings is 3. The van der Waals surface area contributed by atoms with Gasteiger partial charge in [0, 0.05) is 41.7 Å². The molecule has 0 saturated heterocycles. The monoisotopic (exact) mass is 1360 g/mol. The fraction of sp³-hybridized carbons (Fsp3) is 0.393. The van der Waals surface area contributed by atoms with Gasteiger partial charge in [-0.1, -0.05) is 18.2 Å². The molecule has 36 heteroatoms. The van der Waals surface area contributed by atoms with Crippen molar-refractivity contribution in [2.24, 2.45) is 0 Å². The zero-order chi connectivity index (χ0) is 65.5. The summed E-state index contributed by atoms with van der Waals surface area (Å²) in [5.41, 5.74) is 16.3. The minimum absolute atomic E-state index is 0.0593. The van der Waals surface area contributed by atoms with E-state index in [0.29, 0.717) is 5.76 Å². The molecule has 92 heavy (non-hydrogen) atoms. The first-order valence-corrected chi connectivity index (χ1v) is 37.5. The number of H-pyrrole nitrogens is 1. The number of rotatable bonds is 16. The zero-order valence-electron chi connectivity index (χ0n) is 49.6. The predicted octanol–water partition coefficient (Wildman–Crippen LogP) is 5.26. The van der Waals surface area contributed by atoms with Crippen molar-refractivity contribution in [2.75, 3.05) is 22.2 Å². The molecule has 0 fully saturated rings. The molecule has 3 atom stereocenters. The van der Waals surface area contributed by atoms with E-state index in [1.54, 1.807) is 4.72 Å². The molecule has 6 aliphatic carbocycles. The molecule has 6 aliphatic rings. The number of sulfonamides is 1. The van der Waals surface area contributed by atoms with E-state index in [4.69, 9.17) is 23.4 Å². The van der Waals surface area contributed by atoms with Crippen molar-refractivity contribution in [1.82, 2.24) is 53.4 Å². The normalized spacial score (nSPS) is 16.8. The second-order valence-corrected chi connectivity index (χ2v) is 31.7. The van der Waals surface area contributed by atoms with Crippen molar-refractivity contribution in [2.45, 2.75) is 149 Å². The third kappa shape index (κ3) is 15.1. The Morgan fingerprint density at radius 3 is 1.15 bits per heavy atom. The minimum atomic E-state index is -4.34. The number of urea groups is 3. The first-order valence-electron chi connectivity index (χ1n) is 29.4. The highest BCUT2D eigenvalue weighted by Gasteiger charge is 2.30. The Morgan fingerprint density at radius 2 is 0.826 bits per heavy atom. The van der Waals surface area contributed by atoms with Crippen molar-refractivity contribution in [3.05, 3.63) is 144 Å². The third-order valence-corrected chi connectivity index (χ3v) is 21.7. The molecule has 0 radical (unpaired) electrons. The Labute approximate surface area is 529 Å². The highest BCUT2D eigenvalue weighted by atomic mass is 32.2. The number of amides is 7. The van der Waals surface area contributed by atoms with Crippen molar-refractivity contribution in [1.29, 1.82) is 14.3 Å². The van der Waals surface area contributed by atoms with Crippen LogP contribution in [0.1, 0.15) is 111 Å². The lowest BCUT2D eigenvalue weighted by molar-refractivity contribution is -0.120. The number of hydrogen-bond donors (Lipinski definition) is 12. The average Bonchev–Trinajstić information content (AvgIpc) is 1.61. The van der Waals surface area contributed by atoms with Gasteiger partial charge in [0.15, 0.2) is 41.4 Å². The van der Waals surface area contributed by atoms with Gasteiger partial charge in [0.2, 0.25) is 10.0 Å². The van der Waals surface area contributed by atoms with Crippen LogP contribution in [0.5, 0.6) is 0 Å². The second kappa shape index (κ2) is 25.8. The average molecular weight is 1360 g/mol. The maximum absolute atomic E-state index is 12.9. The van der Waals surface area contributed by atoms with Crippen LogP contribution in [0.15, 0.2) is 85.5 Å². The van der Waals surface area contributed by atoms with Crippen molar-refractivity contribution in [3.63, 3.8) is 0 Å². The summed E-state index contributed by atoms with van der Waals surface area (Å²) in [6, 6.07) is 5.83. The van der Waals surface area contributed by atoms with Gasteiger partial charge in [-0.05, 0) is 182 Å². The van der Waals surface area contributed by atoms with Crippen LogP contribution in [-0.4, -0.2) is 98.8 Å². The summed E-state index contributed by atoms with van der Waals surface area (Å²) in [6.45, 7) is -0.320. The number of carbonyl (C=O) groups excluding carboxylic acids is 4. The van der Waals surface area contributed by atoms with Crippen LogP contribution in [0, 0.1) is 14.3 Å². The number of nitrogens with one attached hydrogen (secondary N) is 11. The molecule has 7 amide bonds. The number of anilines is 3. The van der Waals surface area contributed by atoms with E-state index >= 15 is 0 Å². The quantitative estimate of drug-likeness (QED) is 0.0549. The molecule has 0 aliphatic heterocycles. The number of aromatic nitrogens is 7. The molecular weight excluding hydrogens is 1300 g/mol. The number of fused-ring (bicyclic) bond motifs is 6. The van der Waals surface area contributed by atoms with Crippen LogP contribution in [0.25, 0.3) is 0 Å². The van der Waals surface area contributed by atoms with Crippen molar-refractivity contribution >= 4 is 90.9 Å². The van der Waals surface area contributed by atoms with Gasteiger partial charge in [0.25, 0.3) is 21.6 Å². The van der Waals surface area contributed by atoms with E-state index in [1.807, 2.05) is 0 Å². The summed E-state index contributed by atoms with van der Waals surface area (Å²) in [7, 11) is -19.2. The maximum atomic E-state index is 12.9. The summed E-state index contributed by atoms with van der Waals surface area (Å²) < 4.78 is 132. The lowest BCUT2D eigenvalue weighted by atomic mass is 9.99. The first-order chi connectivity index (χ1) is 43.5. The largest absolute Gasteiger partial charge is 0.382 e. The molecule has 3 aromatic carbocycles. The third-order valence-electron chi connectivity index (χ3n) is 16.5. The zero-order valence-corrected chi connectivity index (χ0v) is 53.7. The Balaban J connectivity index is 0.000000142. The topological polar surface area (TPSA) is 463 Å². The van der Waals surface area contributed by atoms with E-state index in [1.165, 1.54) is 56.5 Å². The molecule has 0 spiro atoms. The minimum Gasteiger partial charge on any atom is -0.382 e. The SMILES string of the molecule is CS(=O)(=O)NC(=O)Cn1cc(S(=N)(=O)NC(=O)Nc2c3c(cc4c2CCC4)CCC3)cn1.N=S(=O)(NC(=O)Nc1c2c(cc3c1CCC3)CCC2)c1cnn(CS(=O)(=O)O)c1.N=S(=O)(NC(=O)Nc1c2c(cc3c1CCC3)CCC2)c1cnn(Cc2cc(=O)[nH]o2)c1. The predicted molar refractivity (Wildman–Crippen MR) is 335 cm³/mol. The standard InChI is InChI=1S/C20H22N6O4S.C19H24N6O5S2.C17H21N5O5S2/c21-31(29,15-9-22-26(11-15)10-14-8-18(27)24-30-14)25-20(28)23-19-16-5-1-3-12(16)7-13-4-2-6-17(13)19;1-31(28,29)23-17(26)11-25-10-14(9-21-25)32(20,30)24-19(27)22-18-15-6-2-4-12(15)8-13-5-3-7-16(13)18;18-29(27,13-8-19-22(9-13)10-28(24,25)26)21-17(23)20-16-14-5-1-3-11(14)7-12-4-2-6-15(12)16/h7-9,11H,1-6,10H2,(H,24,27)(H3,21,23,25,28,29);8-10H,2-7,11H2,1H3,(H,23,26)(H3,20,22,24,27,30);7-9H,1-6,10H2,(H,24,25,26)(H3,18,20,21,23,27). The number of aryl methyl sites for hydroxylation is 6.